The smallest absolute Gasteiger partial charge is 0.255 e. The van der Waals surface area contributed by atoms with Crippen LogP contribution in [0.25, 0.3) is 0 Å². The van der Waals surface area contributed by atoms with Crippen molar-refractivity contribution in [1.82, 2.24) is 4.31 Å². The molecule has 10 heteroatoms. The second-order valence-corrected chi connectivity index (χ2v) is 9.64. The van der Waals surface area contributed by atoms with Gasteiger partial charge in [0.2, 0.25) is 10.0 Å². The number of amides is 2. The molecule has 0 radical (unpaired) electrons. The maximum absolute atomic E-state index is 13.0. The van der Waals surface area contributed by atoms with Crippen molar-refractivity contribution >= 4 is 33.2 Å². The number of rotatable bonds is 10. The molecule has 1 aliphatic rings. The minimum Gasteiger partial charge on any atom is -0.492 e. The Balaban J connectivity index is 1.83. The number of carbonyl (C=O) groups excluding carboxylic acids is 2. The minimum absolute atomic E-state index is 0.0625. The molecule has 0 aromatic heterocycles. The summed E-state index contributed by atoms with van der Waals surface area (Å²) in [5.74, 6) is -0.355. The SMILES string of the molecule is CCOc1ccc(S(=O)(=O)N(CC)CC)cc1NC(=O)c1cccc(NC(=O)C2CCCO2)c1. The van der Waals surface area contributed by atoms with Crippen LogP contribution in [0.4, 0.5) is 11.4 Å². The van der Waals surface area contributed by atoms with Gasteiger partial charge in [0.1, 0.15) is 11.9 Å². The largest absolute Gasteiger partial charge is 0.492 e. The lowest BCUT2D eigenvalue weighted by atomic mass is 10.1. The Kier molecular flexibility index (Phi) is 8.65. The van der Waals surface area contributed by atoms with Gasteiger partial charge in [0.15, 0.2) is 0 Å². The van der Waals surface area contributed by atoms with Crippen LogP contribution in [0.15, 0.2) is 47.4 Å². The molecular weight excluding hydrogens is 458 g/mol. The van der Waals surface area contributed by atoms with Gasteiger partial charge in [0, 0.05) is 30.9 Å². The molecule has 3 rings (SSSR count). The maximum Gasteiger partial charge on any atom is 0.255 e. The topological polar surface area (TPSA) is 114 Å². The molecular formula is C24H31N3O6S. The number of carbonyl (C=O) groups is 2. The predicted octanol–water partition coefficient (Wildman–Crippen LogP) is 3.49. The Morgan fingerprint density at radius 1 is 1.09 bits per heavy atom. The molecule has 1 saturated heterocycles. The van der Waals surface area contributed by atoms with E-state index < -0.39 is 22.0 Å². The fraction of sp³-hybridized carbons (Fsp3) is 0.417. The molecule has 184 valence electrons. The summed E-state index contributed by atoms with van der Waals surface area (Å²) < 4.78 is 38.2. The highest BCUT2D eigenvalue weighted by Crippen LogP contribution is 2.30. The van der Waals surface area contributed by atoms with Gasteiger partial charge in [-0.15, -0.1) is 0 Å². The van der Waals surface area contributed by atoms with Gasteiger partial charge in [-0.3, -0.25) is 9.59 Å². The molecule has 1 aliphatic heterocycles. The molecule has 1 unspecified atom stereocenters. The Morgan fingerprint density at radius 3 is 2.50 bits per heavy atom. The summed E-state index contributed by atoms with van der Waals surface area (Å²) in [6, 6.07) is 10.9. The second kappa shape index (κ2) is 11.5. The number of hydrogen-bond donors (Lipinski definition) is 2. The molecule has 0 bridgehead atoms. The van der Waals surface area contributed by atoms with E-state index in [1.54, 1.807) is 45.0 Å². The van der Waals surface area contributed by atoms with Crippen molar-refractivity contribution < 1.29 is 27.5 Å². The molecule has 1 fully saturated rings. The van der Waals surface area contributed by atoms with Crippen LogP contribution in [0, 0.1) is 0 Å². The van der Waals surface area contributed by atoms with Crippen LogP contribution in [-0.2, 0) is 19.6 Å². The van der Waals surface area contributed by atoms with Gasteiger partial charge in [-0.25, -0.2) is 8.42 Å². The van der Waals surface area contributed by atoms with Crippen molar-refractivity contribution in [1.29, 1.82) is 0 Å². The summed E-state index contributed by atoms with van der Waals surface area (Å²) >= 11 is 0. The molecule has 2 aromatic rings. The normalized spacial score (nSPS) is 15.8. The van der Waals surface area contributed by atoms with Crippen molar-refractivity contribution in [2.45, 2.75) is 44.6 Å². The third-order valence-corrected chi connectivity index (χ3v) is 7.50. The number of ether oxygens (including phenoxy) is 2. The van der Waals surface area contributed by atoms with Crippen molar-refractivity contribution in [2.75, 3.05) is 36.9 Å². The fourth-order valence-electron chi connectivity index (χ4n) is 3.70. The molecule has 34 heavy (non-hydrogen) atoms. The van der Waals surface area contributed by atoms with E-state index in [1.165, 1.54) is 22.5 Å². The molecule has 2 N–H and O–H groups in total. The van der Waals surface area contributed by atoms with Crippen LogP contribution in [0.1, 0.15) is 44.0 Å². The van der Waals surface area contributed by atoms with Gasteiger partial charge in [-0.05, 0) is 56.2 Å². The lowest BCUT2D eigenvalue weighted by molar-refractivity contribution is -0.124. The van der Waals surface area contributed by atoms with Crippen molar-refractivity contribution in [3.05, 3.63) is 48.0 Å². The molecule has 9 nitrogen and oxygen atoms in total. The third kappa shape index (κ3) is 5.94. The first kappa shape index (κ1) is 25.7. The van der Waals surface area contributed by atoms with E-state index in [0.717, 1.165) is 6.42 Å². The Labute approximate surface area is 200 Å². The Hall–Kier alpha value is -2.95. The molecule has 0 saturated carbocycles. The lowest BCUT2D eigenvalue weighted by Gasteiger charge is -2.20. The Bertz CT molecular complexity index is 1130. The van der Waals surface area contributed by atoms with Gasteiger partial charge in [0.25, 0.3) is 11.8 Å². The van der Waals surface area contributed by atoms with Gasteiger partial charge < -0.3 is 20.1 Å². The van der Waals surface area contributed by atoms with E-state index in [9.17, 15) is 18.0 Å². The van der Waals surface area contributed by atoms with Crippen LogP contribution in [0.2, 0.25) is 0 Å². The van der Waals surface area contributed by atoms with Gasteiger partial charge in [0.05, 0.1) is 17.2 Å². The number of sulfonamides is 1. The van der Waals surface area contributed by atoms with Crippen LogP contribution in [0.3, 0.4) is 0 Å². The first-order valence-corrected chi connectivity index (χ1v) is 12.8. The first-order valence-electron chi connectivity index (χ1n) is 11.4. The highest BCUT2D eigenvalue weighted by atomic mass is 32.2. The minimum atomic E-state index is -3.72. The zero-order chi connectivity index (χ0) is 24.7. The molecule has 1 atom stereocenters. The second-order valence-electron chi connectivity index (χ2n) is 7.71. The van der Waals surface area contributed by atoms with Crippen LogP contribution in [0.5, 0.6) is 5.75 Å². The summed E-state index contributed by atoms with van der Waals surface area (Å²) in [7, 11) is -3.72. The quantitative estimate of drug-likeness (QED) is 0.528. The lowest BCUT2D eigenvalue weighted by Crippen LogP contribution is -2.30. The summed E-state index contributed by atoms with van der Waals surface area (Å²) in [5.41, 5.74) is 1.01. The zero-order valence-corrected chi connectivity index (χ0v) is 20.5. The van der Waals surface area contributed by atoms with Crippen molar-refractivity contribution in [3.8, 4) is 5.75 Å². The van der Waals surface area contributed by atoms with E-state index in [2.05, 4.69) is 10.6 Å². The van der Waals surface area contributed by atoms with Crippen molar-refractivity contribution in [2.24, 2.45) is 0 Å². The molecule has 1 heterocycles. The van der Waals surface area contributed by atoms with E-state index in [-0.39, 0.29) is 16.5 Å². The predicted molar refractivity (Wildman–Crippen MR) is 130 cm³/mol. The van der Waals surface area contributed by atoms with Gasteiger partial charge in [-0.2, -0.15) is 4.31 Å². The summed E-state index contributed by atoms with van der Waals surface area (Å²) in [6.45, 7) is 6.90. The first-order chi connectivity index (χ1) is 16.3. The Morgan fingerprint density at radius 2 is 1.85 bits per heavy atom. The highest BCUT2D eigenvalue weighted by molar-refractivity contribution is 7.89. The van der Waals surface area contributed by atoms with Crippen molar-refractivity contribution in [3.63, 3.8) is 0 Å². The zero-order valence-electron chi connectivity index (χ0n) is 19.7. The van der Waals surface area contributed by atoms with Gasteiger partial charge >= 0.3 is 0 Å². The van der Waals surface area contributed by atoms with Crippen LogP contribution >= 0.6 is 0 Å². The average Bonchev–Trinajstić information content (AvgIpc) is 3.36. The van der Waals surface area contributed by atoms with Crippen LogP contribution < -0.4 is 15.4 Å². The number of hydrogen-bond acceptors (Lipinski definition) is 6. The van der Waals surface area contributed by atoms with Gasteiger partial charge in [-0.1, -0.05) is 19.9 Å². The van der Waals surface area contributed by atoms with E-state index >= 15 is 0 Å². The van der Waals surface area contributed by atoms with E-state index in [4.69, 9.17) is 9.47 Å². The summed E-state index contributed by atoms with van der Waals surface area (Å²) in [4.78, 5) is 25.4. The number of anilines is 2. The maximum atomic E-state index is 13.0. The average molecular weight is 490 g/mol. The number of nitrogens with zero attached hydrogens (tertiary/aromatic N) is 1. The third-order valence-electron chi connectivity index (χ3n) is 5.46. The molecule has 2 amide bonds. The number of nitrogens with one attached hydrogen (secondary N) is 2. The molecule has 0 spiro atoms. The monoisotopic (exact) mass is 489 g/mol. The standard InChI is InChI=1S/C24H31N3O6S/c1-4-27(5-2)34(30,31)19-12-13-21(32-6-3)20(16-19)26-23(28)17-9-7-10-18(15-17)25-24(29)22-11-8-14-33-22/h7,9-10,12-13,15-16,22H,4-6,8,11,14H2,1-3H3,(H,25,29)(H,26,28). The molecule has 0 aliphatic carbocycles. The highest BCUT2D eigenvalue weighted by Gasteiger charge is 2.25. The van der Waals surface area contributed by atoms with E-state index in [0.29, 0.717) is 49.7 Å². The summed E-state index contributed by atoms with van der Waals surface area (Å²) in [6.07, 6.45) is 1.02. The number of benzene rings is 2. The summed E-state index contributed by atoms with van der Waals surface area (Å²) in [5, 5.41) is 5.53. The molecule has 2 aromatic carbocycles. The van der Waals surface area contributed by atoms with Crippen LogP contribution in [-0.4, -0.2) is 56.9 Å². The van der Waals surface area contributed by atoms with E-state index in [1.807, 2.05) is 0 Å². The fourth-order valence-corrected chi connectivity index (χ4v) is 5.19.